The van der Waals surface area contributed by atoms with Crippen molar-refractivity contribution in [3.05, 3.63) is 35.2 Å². The zero-order valence-electron chi connectivity index (χ0n) is 15.1. The Balaban J connectivity index is 2.50. The van der Waals surface area contributed by atoms with Crippen LogP contribution in [-0.4, -0.2) is 52.0 Å². The van der Waals surface area contributed by atoms with Crippen LogP contribution in [0.1, 0.15) is 21.8 Å². The van der Waals surface area contributed by atoms with Gasteiger partial charge in [0.25, 0.3) is 5.91 Å². The number of hydrogen-bond acceptors (Lipinski definition) is 6. The van der Waals surface area contributed by atoms with Gasteiger partial charge in [-0.1, -0.05) is 5.16 Å². The molecule has 25 heavy (non-hydrogen) atoms. The number of nitrogens with one attached hydrogen (secondary N) is 1. The van der Waals surface area contributed by atoms with Crippen molar-refractivity contribution >= 4 is 27.3 Å². The third kappa shape index (κ3) is 3.67. The van der Waals surface area contributed by atoms with Crippen molar-refractivity contribution < 1.29 is 17.7 Å². The fourth-order valence-corrected chi connectivity index (χ4v) is 3.30. The summed E-state index contributed by atoms with van der Waals surface area (Å²) in [6.45, 7) is 3.32. The molecule has 0 saturated carbocycles. The molecule has 1 amide bonds. The highest BCUT2D eigenvalue weighted by Crippen LogP contribution is 2.29. The van der Waals surface area contributed by atoms with Crippen LogP contribution in [0.2, 0.25) is 0 Å². The third-order valence-corrected chi connectivity index (χ3v) is 5.55. The molecule has 0 fully saturated rings. The largest absolute Gasteiger partial charge is 0.376 e. The van der Waals surface area contributed by atoms with Gasteiger partial charge in [0.1, 0.15) is 11.3 Å². The summed E-state index contributed by atoms with van der Waals surface area (Å²) >= 11 is 0. The number of nitrogens with zero attached hydrogens (tertiary/aromatic N) is 3. The molecule has 2 aromatic rings. The maximum Gasteiger partial charge on any atom is 0.261 e. The number of anilines is 2. The van der Waals surface area contributed by atoms with Crippen LogP contribution in [0.5, 0.6) is 0 Å². The van der Waals surface area contributed by atoms with Crippen molar-refractivity contribution in [2.75, 3.05) is 38.4 Å². The van der Waals surface area contributed by atoms with Crippen molar-refractivity contribution in [2.45, 2.75) is 18.7 Å². The van der Waals surface area contributed by atoms with E-state index in [0.29, 0.717) is 28.4 Å². The molecule has 9 heteroatoms. The summed E-state index contributed by atoms with van der Waals surface area (Å²) in [4.78, 5) is 14.5. The summed E-state index contributed by atoms with van der Waals surface area (Å²) in [5.41, 5.74) is 1.87. The van der Waals surface area contributed by atoms with Gasteiger partial charge in [-0.25, -0.2) is 12.7 Å². The van der Waals surface area contributed by atoms with Crippen LogP contribution < -0.4 is 10.2 Å². The van der Waals surface area contributed by atoms with Crippen molar-refractivity contribution in [1.29, 1.82) is 0 Å². The predicted molar refractivity (Wildman–Crippen MR) is 95.6 cm³/mol. The molecule has 1 N–H and O–H groups in total. The van der Waals surface area contributed by atoms with Crippen molar-refractivity contribution in [2.24, 2.45) is 0 Å². The van der Waals surface area contributed by atoms with Gasteiger partial charge in [0.15, 0.2) is 0 Å². The molecule has 0 saturated heterocycles. The lowest BCUT2D eigenvalue weighted by molar-refractivity contribution is 0.102. The Morgan fingerprint density at radius 1 is 1.16 bits per heavy atom. The minimum atomic E-state index is -3.62. The average Bonchev–Trinajstić information content (AvgIpc) is 2.85. The van der Waals surface area contributed by atoms with Gasteiger partial charge < -0.3 is 14.7 Å². The van der Waals surface area contributed by atoms with E-state index >= 15 is 0 Å². The van der Waals surface area contributed by atoms with E-state index in [4.69, 9.17) is 4.52 Å². The number of hydrogen-bond donors (Lipinski definition) is 1. The minimum Gasteiger partial charge on any atom is -0.376 e. The standard InChI is InChI=1S/C16H22N4O4S/c1-10-15(11(2)24-18-10)16(21)17-13-9-12(25(22,23)20(5)6)7-8-14(13)19(3)4/h7-9H,1-6H3,(H,17,21). The van der Waals surface area contributed by atoms with E-state index in [9.17, 15) is 13.2 Å². The summed E-state index contributed by atoms with van der Waals surface area (Å²) < 4.78 is 30.9. The van der Waals surface area contributed by atoms with Gasteiger partial charge in [0.05, 0.1) is 22.0 Å². The third-order valence-electron chi connectivity index (χ3n) is 3.74. The van der Waals surface area contributed by atoms with Gasteiger partial charge in [0.2, 0.25) is 10.0 Å². The first-order valence-electron chi connectivity index (χ1n) is 7.53. The molecule has 2 rings (SSSR count). The Morgan fingerprint density at radius 3 is 2.28 bits per heavy atom. The Hall–Kier alpha value is -2.39. The SMILES string of the molecule is Cc1noc(C)c1C(=O)Nc1cc(S(=O)(=O)N(C)C)ccc1N(C)C. The second-order valence-corrected chi connectivity index (χ2v) is 8.17. The molecule has 0 bridgehead atoms. The van der Waals surface area contributed by atoms with Crippen LogP contribution in [0.15, 0.2) is 27.6 Å². The number of aryl methyl sites for hydroxylation is 2. The van der Waals surface area contributed by atoms with Crippen LogP contribution >= 0.6 is 0 Å². The van der Waals surface area contributed by atoms with Gasteiger partial charge in [0, 0.05) is 28.2 Å². The highest BCUT2D eigenvalue weighted by atomic mass is 32.2. The molecule has 0 aliphatic carbocycles. The fraction of sp³-hybridized carbons (Fsp3) is 0.375. The van der Waals surface area contributed by atoms with Crippen LogP contribution in [0.3, 0.4) is 0 Å². The predicted octanol–water partition coefficient (Wildman–Crippen LogP) is 1.86. The number of carbonyl (C=O) groups excluding carboxylic acids is 1. The number of rotatable bonds is 5. The van der Waals surface area contributed by atoms with Crippen molar-refractivity contribution in [1.82, 2.24) is 9.46 Å². The van der Waals surface area contributed by atoms with Crippen molar-refractivity contribution in [3.8, 4) is 0 Å². The Labute approximate surface area is 147 Å². The molecular weight excluding hydrogens is 344 g/mol. The fourth-order valence-electron chi connectivity index (χ4n) is 2.37. The number of carbonyl (C=O) groups is 1. The molecule has 0 unspecified atom stereocenters. The van der Waals surface area contributed by atoms with E-state index in [0.717, 1.165) is 4.31 Å². The molecule has 1 aromatic heterocycles. The normalized spacial score (nSPS) is 11.6. The lowest BCUT2D eigenvalue weighted by Gasteiger charge is -2.20. The number of aromatic nitrogens is 1. The highest BCUT2D eigenvalue weighted by Gasteiger charge is 2.22. The lowest BCUT2D eigenvalue weighted by atomic mass is 10.1. The van der Waals surface area contributed by atoms with Crippen LogP contribution in [-0.2, 0) is 10.0 Å². The summed E-state index contributed by atoms with van der Waals surface area (Å²) in [5.74, 6) is -0.00257. The number of amides is 1. The van der Waals surface area contributed by atoms with Gasteiger partial charge in [-0.3, -0.25) is 4.79 Å². The van der Waals surface area contributed by atoms with E-state index < -0.39 is 15.9 Å². The van der Waals surface area contributed by atoms with Crippen LogP contribution in [0.4, 0.5) is 11.4 Å². The van der Waals surface area contributed by atoms with Gasteiger partial charge in [-0.15, -0.1) is 0 Å². The van der Waals surface area contributed by atoms with E-state index in [1.165, 1.54) is 26.2 Å². The maximum absolute atomic E-state index is 12.6. The molecule has 1 heterocycles. The first kappa shape index (κ1) is 18.9. The smallest absolute Gasteiger partial charge is 0.261 e. The minimum absolute atomic E-state index is 0.0946. The Morgan fingerprint density at radius 2 is 1.80 bits per heavy atom. The highest BCUT2D eigenvalue weighted by molar-refractivity contribution is 7.89. The summed E-state index contributed by atoms with van der Waals surface area (Å²) in [6, 6.07) is 4.61. The second kappa shape index (κ2) is 6.85. The molecule has 1 aromatic carbocycles. The maximum atomic E-state index is 12.6. The van der Waals surface area contributed by atoms with Gasteiger partial charge in [-0.05, 0) is 32.0 Å². The zero-order chi connectivity index (χ0) is 18.9. The monoisotopic (exact) mass is 366 g/mol. The molecule has 0 radical (unpaired) electrons. The quantitative estimate of drug-likeness (QED) is 0.868. The molecule has 0 aliphatic heterocycles. The van der Waals surface area contributed by atoms with E-state index in [1.54, 1.807) is 38.9 Å². The van der Waals surface area contributed by atoms with Crippen molar-refractivity contribution in [3.63, 3.8) is 0 Å². The first-order chi connectivity index (χ1) is 11.6. The Bertz CT molecular complexity index is 881. The molecule has 136 valence electrons. The average molecular weight is 366 g/mol. The number of sulfonamides is 1. The summed E-state index contributed by atoms with van der Waals surface area (Å²) in [6.07, 6.45) is 0. The summed E-state index contributed by atoms with van der Waals surface area (Å²) in [7, 11) is 2.91. The number of benzene rings is 1. The van der Waals surface area contributed by atoms with E-state index in [-0.39, 0.29) is 4.90 Å². The van der Waals surface area contributed by atoms with E-state index in [1.807, 2.05) is 0 Å². The Kier molecular flexibility index (Phi) is 5.19. The zero-order valence-corrected chi connectivity index (χ0v) is 15.9. The van der Waals surface area contributed by atoms with Crippen LogP contribution in [0.25, 0.3) is 0 Å². The van der Waals surface area contributed by atoms with Gasteiger partial charge >= 0.3 is 0 Å². The topological polar surface area (TPSA) is 95.8 Å². The molecular formula is C16H22N4O4S. The van der Waals surface area contributed by atoms with E-state index in [2.05, 4.69) is 10.5 Å². The van der Waals surface area contributed by atoms with Crippen LogP contribution in [0, 0.1) is 13.8 Å². The molecule has 0 aliphatic rings. The molecule has 8 nitrogen and oxygen atoms in total. The summed E-state index contributed by atoms with van der Waals surface area (Å²) in [5, 5.41) is 6.53. The first-order valence-corrected chi connectivity index (χ1v) is 8.98. The lowest BCUT2D eigenvalue weighted by Crippen LogP contribution is -2.23. The van der Waals surface area contributed by atoms with Gasteiger partial charge in [-0.2, -0.15) is 0 Å². The second-order valence-electron chi connectivity index (χ2n) is 6.01. The molecule has 0 atom stereocenters. The molecule has 0 spiro atoms.